The van der Waals surface area contributed by atoms with E-state index in [0.29, 0.717) is 0 Å². The van der Waals surface area contributed by atoms with E-state index in [1.54, 1.807) is 0 Å². The minimum Gasteiger partial charge on any atom is -0.0628 e. The molecule has 2 aromatic rings. The summed E-state index contributed by atoms with van der Waals surface area (Å²) in [5, 5.41) is 0. The molecule has 0 atom stereocenters. The zero-order chi connectivity index (χ0) is 17.1. The first-order chi connectivity index (χ1) is 11.0. The number of aryl methyl sites for hydroxylation is 3. The van der Waals surface area contributed by atoms with Gasteiger partial charge in [0.2, 0.25) is 0 Å². The lowest BCUT2D eigenvalue weighted by Crippen LogP contribution is -1.91. The van der Waals surface area contributed by atoms with Crippen LogP contribution in [0.25, 0.3) is 0 Å². The largest absolute Gasteiger partial charge is 0.0628 e. The Balaban J connectivity index is 0.000000231. The SMILES string of the molecule is CC(C)CCc1ccccc1.Cc1ccc(CCC(C)C)cc1. The Labute approximate surface area is 144 Å². The molecule has 0 aliphatic heterocycles. The molecule has 0 bridgehead atoms. The van der Waals surface area contributed by atoms with Crippen LogP contribution in [0.1, 0.15) is 57.2 Å². The van der Waals surface area contributed by atoms with Crippen LogP contribution in [-0.2, 0) is 12.8 Å². The van der Waals surface area contributed by atoms with Gasteiger partial charge in [0, 0.05) is 0 Å². The van der Waals surface area contributed by atoms with Crippen molar-refractivity contribution >= 4 is 0 Å². The third-order valence-corrected chi connectivity index (χ3v) is 3.98. The quantitative estimate of drug-likeness (QED) is 0.546. The van der Waals surface area contributed by atoms with E-state index >= 15 is 0 Å². The van der Waals surface area contributed by atoms with Gasteiger partial charge in [0.1, 0.15) is 0 Å². The van der Waals surface area contributed by atoms with Crippen LogP contribution in [0.15, 0.2) is 54.6 Å². The smallest absolute Gasteiger partial charge is 0.0276 e. The summed E-state index contributed by atoms with van der Waals surface area (Å²) in [4.78, 5) is 0. The van der Waals surface area contributed by atoms with Gasteiger partial charge in [-0.25, -0.2) is 0 Å². The number of hydrogen-bond acceptors (Lipinski definition) is 0. The monoisotopic (exact) mass is 310 g/mol. The molecule has 0 amide bonds. The average Bonchev–Trinajstić information content (AvgIpc) is 2.54. The molecule has 23 heavy (non-hydrogen) atoms. The molecule has 0 radical (unpaired) electrons. The second kappa shape index (κ2) is 11.0. The molecule has 126 valence electrons. The molecule has 2 rings (SSSR count). The van der Waals surface area contributed by atoms with Gasteiger partial charge in [-0.2, -0.15) is 0 Å². The van der Waals surface area contributed by atoms with Gasteiger partial charge in [-0.05, 0) is 55.6 Å². The van der Waals surface area contributed by atoms with Gasteiger partial charge in [-0.3, -0.25) is 0 Å². The van der Waals surface area contributed by atoms with Gasteiger partial charge in [-0.15, -0.1) is 0 Å². The summed E-state index contributed by atoms with van der Waals surface area (Å²) in [5.74, 6) is 1.63. The number of benzene rings is 2. The Morgan fingerprint density at radius 1 is 0.609 bits per heavy atom. The molecular formula is C23H34. The first-order valence-corrected chi connectivity index (χ1v) is 9.07. The van der Waals surface area contributed by atoms with Gasteiger partial charge < -0.3 is 0 Å². The van der Waals surface area contributed by atoms with Gasteiger partial charge >= 0.3 is 0 Å². The van der Waals surface area contributed by atoms with Gasteiger partial charge in [-0.1, -0.05) is 87.9 Å². The molecule has 0 aliphatic carbocycles. The number of hydrogen-bond donors (Lipinski definition) is 0. The Morgan fingerprint density at radius 3 is 1.48 bits per heavy atom. The summed E-state index contributed by atoms with van der Waals surface area (Å²) in [6, 6.07) is 19.5. The van der Waals surface area contributed by atoms with Crippen LogP contribution in [0, 0.1) is 18.8 Å². The highest BCUT2D eigenvalue weighted by atomic mass is 14.0. The van der Waals surface area contributed by atoms with E-state index in [9.17, 15) is 0 Å². The maximum Gasteiger partial charge on any atom is -0.0276 e. The van der Waals surface area contributed by atoms with Crippen molar-refractivity contribution in [3.63, 3.8) is 0 Å². The lowest BCUT2D eigenvalue weighted by atomic mass is 10.0. The van der Waals surface area contributed by atoms with Crippen LogP contribution < -0.4 is 0 Å². The highest BCUT2D eigenvalue weighted by Gasteiger charge is 1.96. The standard InChI is InChI=1S/C12H18.C11H16/c1-10(2)4-7-12-8-5-11(3)6-9-12;1-10(2)8-9-11-6-4-3-5-7-11/h5-6,8-10H,4,7H2,1-3H3;3-7,10H,8-9H2,1-2H3. The van der Waals surface area contributed by atoms with Crippen molar-refractivity contribution in [3.8, 4) is 0 Å². The van der Waals surface area contributed by atoms with E-state index < -0.39 is 0 Å². The molecule has 0 unspecified atom stereocenters. The molecule has 0 spiro atoms. The summed E-state index contributed by atoms with van der Waals surface area (Å²) in [7, 11) is 0. The van der Waals surface area contributed by atoms with Crippen LogP contribution in [-0.4, -0.2) is 0 Å². The predicted molar refractivity (Wildman–Crippen MR) is 104 cm³/mol. The zero-order valence-corrected chi connectivity index (χ0v) is 15.7. The molecule has 0 fully saturated rings. The molecule has 0 heterocycles. The van der Waals surface area contributed by atoms with Crippen LogP contribution >= 0.6 is 0 Å². The predicted octanol–water partition coefficient (Wildman–Crippen LogP) is 6.86. The van der Waals surface area contributed by atoms with E-state index in [1.165, 1.54) is 42.4 Å². The summed E-state index contributed by atoms with van der Waals surface area (Å²) >= 11 is 0. The molecule has 0 aromatic heterocycles. The molecule has 2 aromatic carbocycles. The highest BCUT2D eigenvalue weighted by molar-refractivity contribution is 5.21. The summed E-state index contributed by atoms with van der Waals surface area (Å²) in [5.41, 5.74) is 4.28. The molecule has 0 aliphatic rings. The molecule has 0 heteroatoms. The van der Waals surface area contributed by atoms with Crippen LogP contribution in [0.3, 0.4) is 0 Å². The normalized spacial score (nSPS) is 10.6. The second-order valence-electron chi connectivity index (χ2n) is 7.34. The Kier molecular flexibility index (Phi) is 9.36. The van der Waals surface area contributed by atoms with E-state index in [0.717, 1.165) is 11.8 Å². The minimum atomic E-state index is 0.811. The minimum absolute atomic E-state index is 0.811. The van der Waals surface area contributed by atoms with Crippen molar-refractivity contribution in [1.29, 1.82) is 0 Å². The van der Waals surface area contributed by atoms with Crippen molar-refractivity contribution in [2.24, 2.45) is 11.8 Å². The molecule has 0 nitrogen and oxygen atoms in total. The fourth-order valence-electron chi connectivity index (χ4n) is 2.31. The van der Waals surface area contributed by atoms with Crippen molar-refractivity contribution in [1.82, 2.24) is 0 Å². The van der Waals surface area contributed by atoms with E-state index in [1.807, 2.05) is 0 Å². The third-order valence-electron chi connectivity index (χ3n) is 3.98. The fourth-order valence-corrected chi connectivity index (χ4v) is 2.31. The Bertz CT molecular complexity index is 505. The lowest BCUT2D eigenvalue weighted by Gasteiger charge is -2.04. The second-order valence-corrected chi connectivity index (χ2v) is 7.34. The van der Waals surface area contributed by atoms with Crippen molar-refractivity contribution < 1.29 is 0 Å². The lowest BCUT2D eigenvalue weighted by molar-refractivity contribution is 0.586. The summed E-state index contributed by atoms with van der Waals surface area (Å²) in [6.45, 7) is 11.2. The van der Waals surface area contributed by atoms with Crippen LogP contribution in [0.5, 0.6) is 0 Å². The van der Waals surface area contributed by atoms with Crippen LogP contribution in [0.2, 0.25) is 0 Å². The van der Waals surface area contributed by atoms with Crippen molar-refractivity contribution in [2.45, 2.75) is 60.3 Å². The van der Waals surface area contributed by atoms with Crippen molar-refractivity contribution in [3.05, 3.63) is 71.3 Å². The maximum atomic E-state index is 2.27. The highest BCUT2D eigenvalue weighted by Crippen LogP contribution is 2.10. The first kappa shape index (κ1) is 19.5. The fraction of sp³-hybridized carbons (Fsp3) is 0.478. The third kappa shape index (κ3) is 9.94. The van der Waals surface area contributed by atoms with Crippen molar-refractivity contribution in [2.75, 3.05) is 0 Å². The van der Waals surface area contributed by atoms with E-state index in [2.05, 4.69) is 89.2 Å². The summed E-state index contributed by atoms with van der Waals surface area (Å²) < 4.78 is 0. The summed E-state index contributed by atoms with van der Waals surface area (Å²) in [6.07, 6.45) is 5.03. The van der Waals surface area contributed by atoms with Gasteiger partial charge in [0.05, 0.1) is 0 Å². The maximum absolute atomic E-state index is 2.27. The Hall–Kier alpha value is -1.56. The van der Waals surface area contributed by atoms with E-state index in [-0.39, 0.29) is 0 Å². The Morgan fingerprint density at radius 2 is 1.04 bits per heavy atom. The topological polar surface area (TPSA) is 0 Å². The van der Waals surface area contributed by atoms with E-state index in [4.69, 9.17) is 0 Å². The van der Waals surface area contributed by atoms with Gasteiger partial charge in [0.25, 0.3) is 0 Å². The molecule has 0 N–H and O–H groups in total. The van der Waals surface area contributed by atoms with Crippen LogP contribution in [0.4, 0.5) is 0 Å². The average molecular weight is 311 g/mol. The molecule has 0 saturated heterocycles. The van der Waals surface area contributed by atoms with Gasteiger partial charge in [0.15, 0.2) is 0 Å². The molecule has 0 saturated carbocycles. The molecular weight excluding hydrogens is 276 g/mol. The first-order valence-electron chi connectivity index (χ1n) is 9.07. The zero-order valence-electron chi connectivity index (χ0n) is 15.7. The number of rotatable bonds is 6.